The molecule has 0 saturated carbocycles. The molecular formula is C21H24F6O5. The van der Waals surface area contributed by atoms with Gasteiger partial charge >= 0.3 is 18.3 Å². The molecule has 1 N–H and O–H groups in total. The molecule has 1 aliphatic carbocycles. The average molecular weight is 470 g/mol. The highest BCUT2D eigenvalue weighted by atomic mass is 19.4. The summed E-state index contributed by atoms with van der Waals surface area (Å²) in [5, 5.41) is 11.0. The Morgan fingerprint density at radius 3 is 2.22 bits per heavy atom. The summed E-state index contributed by atoms with van der Waals surface area (Å²) in [6, 6.07) is 0. The van der Waals surface area contributed by atoms with Crippen LogP contribution in [0.15, 0.2) is 23.3 Å². The number of halogens is 6. The van der Waals surface area contributed by atoms with E-state index in [0.717, 1.165) is 13.0 Å². The van der Waals surface area contributed by atoms with E-state index in [9.17, 15) is 36.2 Å². The molecule has 0 radical (unpaired) electrons. The van der Waals surface area contributed by atoms with E-state index in [0.29, 0.717) is 6.92 Å². The minimum atomic E-state index is -5.17. The SMILES string of the molecule is CCOC(=O)C=C(C#CC1(O)C(C)=CC2(CC1(C)C(F)(F)F)OC(C)C(C)O2)C(F)(F)F. The number of carbonyl (C=O) groups excluding carboxylic acids is 1. The van der Waals surface area contributed by atoms with Gasteiger partial charge in [-0.15, -0.1) is 0 Å². The van der Waals surface area contributed by atoms with Crippen LogP contribution in [0.2, 0.25) is 0 Å². The lowest BCUT2D eigenvalue weighted by Gasteiger charge is -2.50. The number of esters is 1. The van der Waals surface area contributed by atoms with E-state index in [-0.39, 0.29) is 12.7 Å². The summed E-state index contributed by atoms with van der Waals surface area (Å²) in [5.74, 6) is 0.0694. The quantitative estimate of drug-likeness (QED) is 0.215. The zero-order chi connectivity index (χ0) is 24.8. The molecule has 1 aliphatic heterocycles. The summed E-state index contributed by atoms with van der Waals surface area (Å²) < 4.78 is 98.2. The molecule has 1 fully saturated rings. The van der Waals surface area contributed by atoms with Crippen LogP contribution in [-0.4, -0.2) is 53.6 Å². The maximum Gasteiger partial charge on any atom is 0.424 e. The van der Waals surface area contributed by atoms with Crippen LogP contribution >= 0.6 is 0 Å². The van der Waals surface area contributed by atoms with Crippen LogP contribution in [0.1, 0.15) is 41.0 Å². The zero-order valence-corrected chi connectivity index (χ0v) is 18.1. The summed E-state index contributed by atoms with van der Waals surface area (Å²) in [6.07, 6.45) is -11.2. The van der Waals surface area contributed by atoms with Gasteiger partial charge in [-0.1, -0.05) is 11.8 Å². The van der Waals surface area contributed by atoms with Gasteiger partial charge in [0.25, 0.3) is 0 Å². The number of ether oxygens (including phenoxy) is 3. The van der Waals surface area contributed by atoms with Crippen LogP contribution < -0.4 is 0 Å². The van der Waals surface area contributed by atoms with Crippen molar-refractivity contribution in [3.05, 3.63) is 23.3 Å². The van der Waals surface area contributed by atoms with Crippen LogP contribution in [-0.2, 0) is 19.0 Å². The Hall–Kier alpha value is -2.03. The minimum absolute atomic E-state index is 0.0285. The fourth-order valence-electron chi connectivity index (χ4n) is 3.73. The van der Waals surface area contributed by atoms with Gasteiger partial charge in [-0.2, -0.15) is 26.3 Å². The molecule has 0 aromatic carbocycles. The lowest BCUT2D eigenvalue weighted by molar-refractivity contribution is -0.294. The number of allylic oxidation sites excluding steroid dienone is 1. The van der Waals surface area contributed by atoms with E-state index in [1.807, 2.05) is 0 Å². The third kappa shape index (κ3) is 4.67. The van der Waals surface area contributed by atoms with Crippen molar-refractivity contribution in [2.75, 3.05) is 6.61 Å². The Kier molecular flexibility index (Phi) is 6.88. The van der Waals surface area contributed by atoms with Crippen molar-refractivity contribution >= 4 is 5.97 Å². The molecule has 4 atom stereocenters. The lowest BCUT2D eigenvalue weighted by Crippen LogP contribution is -2.61. The molecule has 2 rings (SSSR count). The smallest absolute Gasteiger partial charge is 0.424 e. The molecule has 180 valence electrons. The first-order valence-corrected chi connectivity index (χ1v) is 9.74. The van der Waals surface area contributed by atoms with Crippen LogP contribution in [0, 0.1) is 17.3 Å². The van der Waals surface area contributed by atoms with Crippen molar-refractivity contribution in [2.45, 2.75) is 77.0 Å². The van der Waals surface area contributed by atoms with Gasteiger partial charge in [-0.3, -0.25) is 0 Å². The summed E-state index contributed by atoms with van der Waals surface area (Å²) in [5.41, 5.74) is -8.26. The molecule has 0 aromatic heterocycles. The van der Waals surface area contributed by atoms with Gasteiger partial charge in [-0.25, -0.2) is 4.79 Å². The van der Waals surface area contributed by atoms with Gasteiger partial charge < -0.3 is 19.3 Å². The molecule has 1 saturated heterocycles. The molecule has 32 heavy (non-hydrogen) atoms. The highest BCUT2D eigenvalue weighted by Crippen LogP contribution is 2.58. The fourth-order valence-corrected chi connectivity index (χ4v) is 3.73. The average Bonchev–Trinajstić information content (AvgIpc) is 2.88. The van der Waals surface area contributed by atoms with Crippen LogP contribution in [0.4, 0.5) is 26.3 Å². The number of rotatable bonds is 2. The standard InChI is InChI=1S/C21H24F6O5/c1-6-30-16(28)9-15(20(22,23)24)7-8-19(29)12(2)10-18(31-13(3)14(4)32-18)11-17(19,5)21(25,26)27/h9-10,13-14,29H,6,11H2,1-5H3. The van der Waals surface area contributed by atoms with Gasteiger partial charge in [0.05, 0.1) is 18.8 Å². The summed E-state index contributed by atoms with van der Waals surface area (Å²) in [6.45, 7) is 6.09. The highest BCUT2D eigenvalue weighted by Gasteiger charge is 2.69. The topological polar surface area (TPSA) is 65.0 Å². The number of hydrogen-bond acceptors (Lipinski definition) is 5. The third-order valence-electron chi connectivity index (χ3n) is 5.70. The van der Waals surface area contributed by atoms with Crippen molar-refractivity contribution in [3.63, 3.8) is 0 Å². The predicted molar refractivity (Wildman–Crippen MR) is 99.9 cm³/mol. The van der Waals surface area contributed by atoms with Crippen molar-refractivity contribution in [3.8, 4) is 11.8 Å². The van der Waals surface area contributed by atoms with Crippen LogP contribution in [0.5, 0.6) is 0 Å². The van der Waals surface area contributed by atoms with Gasteiger partial charge in [-0.05, 0) is 46.3 Å². The maximum atomic E-state index is 14.2. The summed E-state index contributed by atoms with van der Waals surface area (Å²) in [4.78, 5) is 11.5. The number of aliphatic hydroxyl groups is 1. The second-order valence-electron chi connectivity index (χ2n) is 8.06. The molecule has 0 amide bonds. The molecule has 0 aromatic rings. The monoisotopic (exact) mass is 470 g/mol. The van der Waals surface area contributed by atoms with Crippen molar-refractivity contribution in [1.29, 1.82) is 0 Å². The first-order valence-electron chi connectivity index (χ1n) is 9.74. The third-order valence-corrected chi connectivity index (χ3v) is 5.70. The first kappa shape index (κ1) is 26.2. The van der Waals surface area contributed by atoms with Gasteiger partial charge in [0.2, 0.25) is 0 Å². The van der Waals surface area contributed by atoms with E-state index in [2.05, 4.69) is 4.74 Å². The Morgan fingerprint density at radius 2 is 1.78 bits per heavy atom. The molecule has 4 unspecified atom stereocenters. The zero-order valence-electron chi connectivity index (χ0n) is 18.1. The largest absolute Gasteiger partial charge is 0.463 e. The van der Waals surface area contributed by atoms with Crippen LogP contribution in [0.3, 0.4) is 0 Å². The van der Waals surface area contributed by atoms with Crippen molar-refractivity contribution < 1.29 is 50.5 Å². The normalized spacial score (nSPS) is 35.9. The number of hydrogen-bond donors (Lipinski definition) is 1. The second kappa shape index (κ2) is 8.39. The Balaban J connectivity index is 2.66. The van der Waals surface area contributed by atoms with Crippen molar-refractivity contribution in [2.24, 2.45) is 5.41 Å². The van der Waals surface area contributed by atoms with Gasteiger partial charge in [0, 0.05) is 12.5 Å². The molecule has 1 heterocycles. The Labute approximate surface area is 181 Å². The van der Waals surface area contributed by atoms with Crippen LogP contribution in [0.25, 0.3) is 0 Å². The van der Waals surface area contributed by atoms with E-state index >= 15 is 0 Å². The minimum Gasteiger partial charge on any atom is -0.463 e. The molecule has 5 nitrogen and oxygen atoms in total. The van der Waals surface area contributed by atoms with Gasteiger partial charge in [0.1, 0.15) is 11.0 Å². The Morgan fingerprint density at radius 1 is 1.25 bits per heavy atom. The molecule has 2 aliphatic rings. The Bertz CT molecular complexity index is 868. The first-order chi connectivity index (χ1) is 14.4. The maximum absolute atomic E-state index is 14.2. The lowest BCUT2D eigenvalue weighted by atomic mass is 9.62. The van der Waals surface area contributed by atoms with E-state index in [4.69, 9.17) is 9.47 Å². The van der Waals surface area contributed by atoms with Crippen molar-refractivity contribution in [1.82, 2.24) is 0 Å². The molecule has 1 spiro atoms. The molecular weight excluding hydrogens is 446 g/mol. The summed E-state index contributed by atoms with van der Waals surface area (Å²) >= 11 is 0. The fraction of sp³-hybridized carbons (Fsp3) is 0.667. The molecule has 11 heteroatoms. The van der Waals surface area contributed by atoms with E-state index in [1.54, 1.807) is 19.8 Å². The van der Waals surface area contributed by atoms with E-state index < -0.39 is 64.9 Å². The summed E-state index contributed by atoms with van der Waals surface area (Å²) in [7, 11) is 0. The van der Waals surface area contributed by atoms with Gasteiger partial charge in [0.15, 0.2) is 11.4 Å². The van der Waals surface area contributed by atoms with E-state index in [1.165, 1.54) is 12.8 Å². The second-order valence-corrected chi connectivity index (χ2v) is 8.06. The number of carbonyl (C=O) groups is 1. The number of alkyl halides is 6. The molecule has 0 bridgehead atoms. The highest BCUT2D eigenvalue weighted by molar-refractivity contribution is 5.84. The predicted octanol–water partition coefficient (Wildman–Crippen LogP) is 4.21.